The van der Waals surface area contributed by atoms with Gasteiger partial charge in [-0.25, -0.2) is 4.79 Å². The third-order valence-corrected chi connectivity index (χ3v) is 4.49. The molecule has 0 heterocycles. The van der Waals surface area contributed by atoms with Crippen molar-refractivity contribution < 1.29 is 9.53 Å². The monoisotopic (exact) mass is 298 g/mol. The summed E-state index contributed by atoms with van der Waals surface area (Å²) < 4.78 is 4.85. The number of hydrogen-bond acceptors (Lipinski definition) is 2. The summed E-state index contributed by atoms with van der Waals surface area (Å²) in [6.07, 6.45) is 2.17. The van der Waals surface area contributed by atoms with Crippen molar-refractivity contribution in [3.8, 4) is 0 Å². The maximum Gasteiger partial charge on any atom is 0.330 e. The zero-order chi connectivity index (χ0) is 9.61. The predicted octanol–water partition coefficient (Wildman–Crippen LogP) is 2.75. The molecule has 0 amide bonds. The summed E-state index contributed by atoms with van der Waals surface area (Å²) in [5.74, 6) is -0.317. The van der Waals surface area contributed by atoms with Crippen molar-refractivity contribution >= 4 is 33.3 Å². The number of hydrogen-bond donors (Lipinski definition) is 0. The largest absolute Gasteiger partial charge is 0.463 e. The summed E-state index contributed by atoms with van der Waals surface area (Å²) in [6.45, 7) is 8.44. The number of carbonyl (C=O) groups is 1. The fourth-order valence-corrected chi connectivity index (χ4v) is 2.85. The number of ether oxygens (including phenoxy) is 1. The number of esters is 1. The van der Waals surface area contributed by atoms with E-state index in [1.165, 1.54) is 12.1 Å². The van der Waals surface area contributed by atoms with Gasteiger partial charge < -0.3 is 4.74 Å². The molecule has 0 aliphatic carbocycles. The van der Waals surface area contributed by atoms with E-state index in [1.54, 1.807) is 0 Å². The molecular weight excluding hydrogens is 283 g/mol. The fourth-order valence-electron chi connectivity index (χ4n) is 0.724. The Bertz CT molecular complexity index is 163. The van der Waals surface area contributed by atoms with Crippen molar-refractivity contribution in [3.05, 3.63) is 12.7 Å². The first kappa shape index (κ1) is 12.2. The maximum atomic E-state index is 10.6. The van der Waals surface area contributed by atoms with E-state index in [9.17, 15) is 4.79 Å². The van der Waals surface area contributed by atoms with Crippen LogP contribution in [0.25, 0.3) is 0 Å². The predicted molar refractivity (Wildman–Crippen MR) is 62.1 cm³/mol. The Morgan fingerprint density at radius 1 is 1.67 bits per heavy atom. The summed E-state index contributed by atoms with van der Waals surface area (Å²) >= 11 is 2.52. The molecule has 12 heavy (non-hydrogen) atoms. The molecule has 4 heteroatoms. The Morgan fingerprint density at radius 2 is 2.25 bits per heavy atom. The van der Waals surface area contributed by atoms with Gasteiger partial charge >= 0.3 is 5.97 Å². The first-order valence-corrected chi connectivity index (χ1v) is 10.3. The second-order valence-electron chi connectivity index (χ2n) is 3.19. The van der Waals surface area contributed by atoms with Gasteiger partial charge in [0.05, 0.1) is 6.61 Å². The summed E-state index contributed by atoms with van der Waals surface area (Å²) in [5, 5.41) is 0. The highest BCUT2D eigenvalue weighted by atomic mass is 127. The van der Waals surface area contributed by atoms with Crippen LogP contribution >= 0.6 is 21.8 Å². The van der Waals surface area contributed by atoms with Crippen LogP contribution in [0.15, 0.2) is 12.7 Å². The first-order chi connectivity index (χ1) is 5.45. The SMILES string of the molecule is C=CC(=O)OCCC[Si](C)(C)I. The van der Waals surface area contributed by atoms with E-state index < -0.39 is 5.57 Å². The van der Waals surface area contributed by atoms with Gasteiger partial charge in [0.15, 0.2) is 0 Å². The summed E-state index contributed by atoms with van der Waals surface area (Å²) in [6, 6.07) is 1.19. The molecule has 0 unspecified atom stereocenters. The molecule has 0 aromatic rings. The number of carbonyl (C=O) groups excluding carboxylic acids is 1. The van der Waals surface area contributed by atoms with Crippen molar-refractivity contribution in [2.24, 2.45) is 0 Å². The van der Waals surface area contributed by atoms with Crippen LogP contribution in [0, 0.1) is 0 Å². The molecule has 0 fully saturated rings. The van der Waals surface area contributed by atoms with Crippen LogP contribution in [-0.2, 0) is 9.53 Å². The lowest BCUT2D eigenvalue weighted by atomic mass is 10.5. The second-order valence-corrected chi connectivity index (χ2v) is 15.9. The van der Waals surface area contributed by atoms with Crippen molar-refractivity contribution in [2.75, 3.05) is 6.61 Å². The van der Waals surface area contributed by atoms with Crippen LogP contribution in [0.3, 0.4) is 0 Å². The Balaban J connectivity index is 3.34. The molecule has 0 saturated heterocycles. The van der Waals surface area contributed by atoms with Gasteiger partial charge in [0, 0.05) is 6.08 Å². The van der Waals surface area contributed by atoms with Crippen LogP contribution in [0.2, 0.25) is 19.1 Å². The summed E-state index contributed by atoms with van der Waals surface area (Å²) in [4.78, 5) is 10.6. The minimum absolute atomic E-state index is 0.317. The summed E-state index contributed by atoms with van der Waals surface area (Å²) in [7, 11) is 0. The summed E-state index contributed by atoms with van der Waals surface area (Å²) in [5.41, 5.74) is -0.987. The van der Waals surface area contributed by atoms with Gasteiger partial charge in [-0.2, -0.15) is 0 Å². The molecule has 0 N–H and O–H groups in total. The van der Waals surface area contributed by atoms with E-state index in [-0.39, 0.29) is 5.97 Å². The van der Waals surface area contributed by atoms with Gasteiger partial charge in [0.1, 0.15) is 5.57 Å². The van der Waals surface area contributed by atoms with Gasteiger partial charge in [-0.3, -0.25) is 0 Å². The molecule has 0 atom stereocenters. The number of rotatable bonds is 5. The lowest BCUT2D eigenvalue weighted by molar-refractivity contribution is -0.137. The Labute approximate surface area is 87.6 Å². The highest BCUT2D eigenvalue weighted by Gasteiger charge is 2.14. The van der Waals surface area contributed by atoms with Crippen LogP contribution < -0.4 is 0 Å². The molecule has 2 nitrogen and oxygen atoms in total. The van der Waals surface area contributed by atoms with Gasteiger partial charge in [-0.05, 0) is 12.5 Å². The molecule has 70 valence electrons. The average molecular weight is 298 g/mol. The van der Waals surface area contributed by atoms with Gasteiger partial charge in [-0.1, -0.05) is 19.7 Å². The molecule has 0 aliphatic heterocycles. The molecule has 0 bridgehead atoms. The quantitative estimate of drug-likeness (QED) is 0.195. The van der Waals surface area contributed by atoms with E-state index in [1.807, 2.05) is 0 Å². The van der Waals surface area contributed by atoms with E-state index >= 15 is 0 Å². The highest BCUT2D eigenvalue weighted by Crippen LogP contribution is 2.19. The van der Waals surface area contributed by atoms with Gasteiger partial charge in [0.2, 0.25) is 0 Å². The Kier molecular flexibility index (Phi) is 5.82. The molecule has 0 aromatic heterocycles. The third kappa shape index (κ3) is 8.26. The Morgan fingerprint density at radius 3 is 2.67 bits per heavy atom. The zero-order valence-electron chi connectivity index (χ0n) is 7.60. The second kappa shape index (κ2) is 5.74. The van der Waals surface area contributed by atoms with Crippen LogP contribution in [0.4, 0.5) is 0 Å². The van der Waals surface area contributed by atoms with Crippen molar-refractivity contribution in [2.45, 2.75) is 25.6 Å². The molecular formula is C8H15IO2Si. The fraction of sp³-hybridized carbons (Fsp3) is 0.625. The smallest absolute Gasteiger partial charge is 0.330 e. The topological polar surface area (TPSA) is 26.3 Å². The van der Waals surface area contributed by atoms with E-state index in [4.69, 9.17) is 4.74 Å². The zero-order valence-corrected chi connectivity index (χ0v) is 10.8. The Hall–Kier alpha value is 0.157. The molecule has 0 radical (unpaired) electrons. The number of halogens is 1. The van der Waals surface area contributed by atoms with E-state index in [2.05, 4.69) is 41.5 Å². The van der Waals surface area contributed by atoms with E-state index in [0.717, 1.165) is 6.42 Å². The maximum absolute atomic E-state index is 10.6. The van der Waals surface area contributed by atoms with Crippen LogP contribution in [0.1, 0.15) is 6.42 Å². The highest BCUT2D eigenvalue weighted by molar-refractivity contribution is 14.1. The van der Waals surface area contributed by atoms with Gasteiger partial charge in [-0.15, -0.1) is 21.8 Å². The molecule has 0 saturated carbocycles. The first-order valence-electron chi connectivity index (χ1n) is 3.94. The average Bonchev–Trinajstić information content (AvgIpc) is 1.96. The minimum atomic E-state index is -0.987. The molecule has 0 spiro atoms. The van der Waals surface area contributed by atoms with Crippen molar-refractivity contribution in [1.29, 1.82) is 0 Å². The lowest BCUT2D eigenvalue weighted by Gasteiger charge is -2.12. The lowest BCUT2D eigenvalue weighted by Crippen LogP contribution is -2.15. The normalized spacial score (nSPS) is 10.9. The third-order valence-electron chi connectivity index (χ3n) is 1.33. The molecule has 0 aromatic carbocycles. The van der Waals surface area contributed by atoms with Crippen molar-refractivity contribution in [1.82, 2.24) is 0 Å². The molecule has 0 rings (SSSR count). The van der Waals surface area contributed by atoms with Crippen molar-refractivity contribution in [3.63, 3.8) is 0 Å². The van der Waals surface area contributed by atoms with Gasteiger partial charge in [0.25, 0.3) is 0 Å². The standard InChI is InChI=1S/C8H15IO2Si/c1-4-8(10)11-6-5-7-12(2,3)9/h4H,1,5-7H2,2-3H3. The van der Waals surface area contributed by atoms with Crippen LogP contribution in [0.5, 0.6) is 0 Å². The minimum Gasteiger partial charge on any atom is -0.463 e. The van der Waals surface area contributed by atoms with E-state index in [0.29, 0.717) is 6.61 Å². The molecule has 0 aliphatic rings. The van der Waals surface area contributed by atoms with Crippen LogP contribution in [-0.4, -0.2) is 18.1 Å².